The monoisotopic (exact) mass is 296 g/mol. The van der Waals surface area contributed by atoms with Gasteiger partial charge < -0.3 is 0 Å². The quantitative estimate of drug-likeness (QED) is 0.709. The van der Waals surface area contributed by atoms with Crippen molar-refractivity contribution >= 4 is 15.9 Å². The summed E-state index contributed by atoms with van der Waals surface area (Å²) in [4.78, 5) is 0. The fraction of sp³-hybridized carbons (Fsp3) is 0.143. The third-order valence-corrected chi connectivity index (χ3v) is 3.69. The van der Waals surface area contributed by atoms with Gasteiger partial charge in [-0.25, -0.2) is 8.78 Å². The Morgan fingerprint density at radius 3 is 1.35 bits per heavy atom. The van der Waals surface area contributed by atoms with Crippen molar-refractivity contribution in [3.63, 3.8) is 0 Å². The molecule has 17 heavy (non-hydrogen) atoms. The van der Waals surface area contributed by atoms with Crippen LogP contribution in [-0.2, 0) is 4.32 Å². The molecule has 2 aromatic rings. The van der Waals surface area contributed by atoms with Gasteiger partial charge in [-0.1, -0.05) is 40.2 Å². The second-order valence-electron chi connectivity index (χ2n) is 4.02. The SMILES string of the molecule is CC(Br)(c1ccc(F)cc1)c1ccc(F)cc1. The van der Waals surface area contributed by atoms with E-state index in [0.29, 0.717) is 0 Å². The van der Waals surface area contributed by atoms with E-state index < -0.39 is 4.32 Å². The molecule has 0 radical (unpaired) electrons. The van der Waals surface area contributed by atoms with Gasteiger partial charge >= 0.3 is 0 Å². The molecule has 2 rings (SSSR count). The standard InChI is InChI=1S/C14H11BrF2/c1-14(15,10-2-6-12(16)7-3-10)11-4-8-13(17)9-5-11/h2-9H,1H3. The lowest BCUT2D eigenvalue weighted by molar-refractivity contribution is 0.625. The molecular formula is C14H11BrF2. The van der Waals surface area contributed by atoms with E-state index >= 15 is 0 Å². The average molecular weight is 297 g/mol. The van der Waals surface area contributed by atoms with Gasteiger partial charge in [0.05, 0.1) is 4.32 Å². The Labute approximate surface area is 107 Å². The van der Waals surface area contributed by atoms with E-state index in [1.165, 1.54) is 24.3 Å². The first-order valence-corrected chi connectivity index (χ1v) is 6.00. The van der Waals surface area contributed by atoms with E-state index in [9.17, 15) is 8.78 Å². The van der Waals surface area contributed by atoms with Gasteiger partial charge in [0.25, 0.3) is 0 Å². The molecule has 0 atom stereocenters. The van der Waals surface area contributed by atoms with E-state index in [4.69, 9.17) is 0 Å². The molecule has 0 unspecified atom stereocenters. The predicted molar refractivity (Wildman–Crippen MR) is 68.2 cm³/mol. The maximum atomic E-state index is 12.9. The Morgan fingerprint density at radius 1 is 0.765 bits per heavy atom. The third-order valence-electron chi connectivity index (χ3n) is 2.77. The second kappa shape index (κ2) is 4.57. The number of halogens is 3. The molecule has 88 valence electrons. The van der Waals surface area contributed by atoms with E-state index in [-0.39, 0.29) is 11.6 Å². The topological polar surface area (TPSA) is 0 Å². The molecular weight excluding hydrogens is 286 g/mol. The molecule has 2 aromatic carbocycles. The van der Waals surface area contributed by atoms with Gasteiger partial charge in [0, 0.05) is 0 Å². The van der Waals surface area contributed by atoms with E-state index in [2.05, 4.69) is 15.9 Å². The first-order valence-electron chi connectivity index (χ1n) is 5.21. The summed E-state index contributed by atoms with van der Waals surface area (Å²) in [5.74, 6) is -0.535. The van der Waals surface area contributed by atoms with Crippen LogP contribution in [-0.4, -0.2) is 0 Å². The first kappa shape index (κ1) is 12.2. The minimum Gasteiger partial charge on any atom is -0.207 e. The van der Waals surface area contributed by atoms with Crippen molar-refractivity contribution < 1.29 is 8.78 Å². The van der Waals surface area contributed by atoms with Crippen LogP contribution in [0, 0.1) is 11.6 Å². The Kier molecular flexibility index (Phi) is 3.29. The molecule has 0 saturated carbocycles. The fourth-order valence-electron chi connectivity index (χ4n) is 1.69. The summed E-state index contributed by atoms with van der Waals surface area (Å²) in [5, 5.41) is 0. The van der Waals surface area contributed by atoms with Crippen LogP contribution in [0.2, 0.25) is 0 Å². The van der Waals surface area contributed by atoms with Crippen molar-refractivity contribution in [3.8, 4) is 0 Å². The van der Waals surface area contributed by atoms with Crippen LogP contribution >= 0.6 is 15.9 Å². The lowest BCUT2D eigenvalue weighted by atomic mass is 9.93. The zero-order valence-corrected chi connectivity index (χ0v) is 10.8. The zero-order chi connectivity index (χ0) is 12.5. The fourth-order valence-corrected chi connectivity index (χ4v) is 2.22. The highest BCUT2D eigenvalue weighted by atomic mass is 79.9. The van der Waals surface area contributed by atoms with Gasteiger partial charge in [0.1, 0.15) is 11.6 Å². The van der Waals surface area contributed by atoms with E-state index in [1.807, 2.05) is 6.92 Å². The molecule has 0 bridgehead atoms. The minimum atomic E-state index is -0.450. The van der Waals surface area contributed by atoms with Crippen molar-refractivity contribution in [2.75, 3.05) is 0 Å². The van der Waals surface area contributed by atoms with Gasteiger partial charge in [-0.3, -0.25) is 0 Å². The third kappa shape index (κ3) is 2.55. The summed E-state index contributed by atoms with van der Waals surface area (Å²) < 4.78 is 25.3. The Hall–Kier alpha value is -1.22. The van der Waals surface area contributed by atoms with E-state index in [1.54, 1.807) is 24.3 Å². The van der Waals surface area contributed by atoms with Crippen molar-refractivity contribution in [2.24, 2.45) is 0 Å². The maximum absolute atomic E-state index is 12.9. The number of hydrogen-bond donors (Lipinski definition) is 0. The summed E-state index contributed by atoms with van der Waals surface area (Å²) in [5.41, 5.74) is 1.84. The smallest absolute Gasteiger partial charge is 0.123 e. The van der Waals surface area contributed by atoms with Crippen LogP contribution in [0.3, 0.4) is 0 Å². The van der Waals surface area contributed by atoms with Crippen molar-refractivity contribution in [3.05, 3.63) is 71.3 Å². The molecule has 3 heteroatoms. The van der Waals surface area contributed by atoms with Gasteiger partial charge in [-0.05, 0) is 42.3 Å². The Balaban J connectivity index is 2.41. The largest absolute Gasteiger partial charge is 0.207 e. The molecule has 0 aliphatic rings. The minimum absolute atomic E-state index is 0.267. The molecule has 0 amide bonds. The molecule has 0 N–H and O–H groups in total. The molecule has 0 saturated heterocycles. The lowest BCUT2D eigenvalue weighted by Gasteiger charge is -2.23. The summed E-state index contributed by atoms with van der Waals surface area (Å²) in [6.07, 6.45) is 0. The number of rotatable bonds is 2. The van der Waals surface area contributed by atoms with Crippen LogP contribution in [0.1, 0.15) is 18.1 Å². The molecule has 0 spiro atoms. The average Bonchev–Trinajstić information content (AvgIpc) is 2.30. The highest BCUT2D eigenvalue weighted by Gasteiger charge is 2.25. The Morgan fingerprint density at radius 2 is 1.06 bits per heavy atom. The van der Waals surface area contributed by atoms with E-state index in [0.717, 1.165) is 11.1 Å². The normalized spacial score (nSPS) is 11.5. The van der Waals surface area contributed by atoms with Crippen molar-refractivity contribution in [1.82, 2.24) is 0 Å². The number of hydrogen-bond acceptors (Lipinski definition) is 0. The first-order chi connectivity index (χ1) is 8.00. The van der Waals surface area contributed by atoms with Crippen LogP contribution < -0.4 is 0 Å². The van der Waals surface area contributed by atoms with Crippen LogP contribution in [0.4, 0.5) is 8.78 Å². The lowest BCUT2D eigenvalue weighted by Crippen LogP contribution is -2.14. The summed E-state index contributed by atoms with van der Waals surface area (Å²) >= 11 is 3.60. The summed E-state index contributed by atoms with van der Waals surface area (Å²) in [6, 6.07) is 12.5. The molecule has 0 nitrogen and oxygen atoms in total. The van der Waals surface area contributed by atoms with Crippen molar-refractivity contribution in [1.29, 1.82) is 0 Å². The number of alkyl halides is 1. The molecule has 0 aliphatic carbocycles. The molecule has 0 heterocycles. The van der Waals surface area contributed by atoms with Crippen LogP contribution in [0.25, 0.3) is 0 Å². The maximum Gasteiger partial charge on any atom is 0.123 e. The second-order valence-corrected chi connectivity index (χ2v) is 5.60. The van der Waals surface area contributed by atoms with Gasteiger partial charge in [-0.15, -0.1) is 0 Å². The van der Waals surface area contributed by atoms with Crippen LogP contribution in [0.5, 0.6) is 0 Å². The molecule has 0 aromatic heterocycles. The Bertz CT molecular complexity index is 453. The van der Waals surface area contributed by atoms with Gasteiger partial charge in [0.15, 0.2) is 0 Å². The summed E-state index contributed by atoms with van der Waals surface area (Å²) in [7, 11) is 0. The molecule has 0 aliphatic heterocycles. The molecule has 0 fully saturated rings. The number of benzene rings is 2. The van der Waals surface area contributed by atoms with Gasteiger partial charge in [-0.2, -0.15) is 0 Å². The summed E-state index contributed by atoms with van der Waals surface area (Å²) in [6.45, 7) is 1.95. The van der Waals surface area contributed by atoms with Crippen LogP contribution in [0.15, 0.2) is 48.5 Å². The van der Waals surface area contributed by atoms with Crippen molar-refractivity contribution in [2.45, 2.75) is 11.2 Å². The highest BCUT2D eigenvalue weighted by molar-refractivity contribution is 9.09. The predicted octanol–water partition coefficient (Wildman–Crippen LogP) is 4.62. The van der Waals surface area contributed by atoms with Gasteiger partial charge in [0.2, 0.25) is 0 Å². The highest BCUT2D eigenvalue weighted by Crippen LogP contribution is 2.37. The zero-order valence-electron chi connectivity index (χ0n) is 9.25.